The van der Waals surface area contributed by atoms with Crippen molar-refractivity contribution in [1.82, 2.24) is 0 Å². The lowest BCUT2D eigenvalue weighted by Gasteiger charge is -2.31. The van der Waals surface area contributed by atoms with Gasteiger partial charge >= 0.3 is 5.97 Å². The van der Waals surface area contributed by atoms with Gasteiger partial charge in [0.15, 0.2) is 0 Å². The minimum atomic E-state index is -0.0649. The minimum Gasteiger partial charge on any atom is -0.454 e. The molecule has 1 aliphatic carbocycles. The Bertz CT molecular complexity index is 465. The summed E-state index contributed by atoms with van der Waals surface area (Å²) in [7, 11) is 0. The number of hydrogen-bond donors (Lipinski definition) is 0. The summed E-state index contributed by atoms with van der Waals surface area (Å²) in [4.78, 5) is 11.6. The van der Waals surface area contributed by atoms with Gasteiger partial charge in [-0.3, -0.25) is 0 Å². The van der Waals surface area contributed by atoms with Gasteiger partial charge in [0.2, 0.25) is 0 Å². The lowest BCUT2D eigenvalue weighted by molar-refractivity contribution is -0.156. The zero-order chi connectivity index (χ0) is 12.4. The summed E-state index contributed by atoms with van der Waals surface area (Å²) >= 11 is 0. The smallest absolute Gasteiger partial charge is 0.338 e. The van der Waals surface area contributed by atoms with Crippen molar-refractivity contribution in [1.29, 1.82) is 0 Å². The number of cyclic esters (lactones) is 1. The van der Waals surface area contributed by atoms with E-state index in [2.05, 4.69) is 24.3 Å². The molecule has 0 radical (unpaired) electrons. The van der Waals surface area contributed by atoms with Crippen LogP contribution in [0.15, 0.2) is 41.5 Å². The highest BCUT2D eigenvalue weighted by molar-refractivity contribution is 5.96. The van der Waals surface area contributed by atoms with Crippen LogP contribution in [0.25, 0.3) is 0 Å². The molecule has 2 fully saturated rings. The normalized spacial score (nSPS) is 22.9. The van der Waals surface area contributed by atoms with Crippen LogP contribution in [0.4, 0.5) is 0 Å². The van der Waals surface area contributed by atoms with E-state index in [1.54, 1.807) is 0 Å². The van der Waals surface area contributed by atoms with Gasteiger partial charge in [-0.2, -0.15) is 0 Å². The Morgan fingerprint density at radius 3 is 2.50 bits per heavy atom. The van der Waals surface area contributed by atoms with Crippen LogP contribution in [-0.2, 0) is 16.0 Å². The van der Waals surface area contributed by atoms with E-state index in [-0.39, 0.29) is 12.1 Å². The number of carbonyl (C=O) groups excluding carboxylic acids is 1. The quantitative estimate of drug-likeness (QED) is 0.599. The number of carbonyl (C=O) groups is 1. The molecule has 1 heterocycles. The van der Waals surface area contributed by atoms with Crippen molar-refractivity contribution < 1.29 is 9.53 Å². The van der Waals surface area contributed by atoms with E-state index in [1.807, 2.05) is 6.07 Å². The molecule has 2 nitrogen and oxygen atoms in total. The molecule has 2 aliphatic rings. The van der Waals surface area contributed by atoms with Crippen LogP contribution in [0.3, 0.4) is 0 Å². The van der Waals surface area contributed by atoms with Gasteiger partial charge in [0, 0.05) is 0 Å². The number of aryl methyl sites for hydroxylation is 1. The number of allylic oxidation sites excluding steroid dienone is 1. The van der Waals surface area contributed by atoms with Crippen LogP contribution < -0.4 is 0 Å². The van der Waals surface area contributed by atoms with Crippen molar-refractivity contribution in [3.05, 3.63) is 47.0 Å². The highest BCUT2D eigenvalue weighted by Gasteiger charge is 2.38. The Hall–Kier alpha value is -1.57. The molecule has 0 spiro atoms. The molecule has 3 rings (SSSR count). The first kappa shape index (κ1) is 11.5. The van der Waals surface area contributed by atoms with Gasteiger partial charge in [-0.1, -0.05) is 35.9 Å². The van der Waals surface area contributed by atoms with Crippen molar-refractivity contribution in [3.8, 4) is 0 Å². The predicted molar refractivity (Wildman–Crippen MR) is 70.1 cm³/mol. The van der Waals surface area contributed by atoms with Crippen LogP contribution in [0, 0.1) is 0 Å². The molecular formula is C16H18O2. The molecule has 94 valence electrons. The fourth-order valence-corrected chi connectivity index (χ4v) is 2.91. The monoisotopic (exact) mass is 242 g/mol. The average Bonchev–Trinajstić information content (AvgIpc) is 2.88. The third-order valence-electron chi connectivity index (χ3n) is 3.92. The second kappa shape index (κ2) is 4.97. The van der Waals surface area contributed by atoms with E-state index in [0.29, 0.717) is 0 Å². The second-order valence-electron chi connectivity index (χ2n) is 5.14. The Labute approximate surface area is 108 Å². The zero-order valence-electron chi connectivity index (χ0n) is 10.5. The molecule has 0 bridgehead atoms. The summed E-state index contributed by atoms with van der Waals surface area (Å²) in [5.41, 5.74) is 3.68. The summed E-state index contributed by atoms with van der Waals surface area (Å²) in [6.07, 6.45) is 6.64. The lowest BCUT2D eigenvalue weighted by atomic mass is 9.92. The summed E-state index contributed by atoms with van der Waals surface area (Å²) in [5, 5.41) is 0. The maximum atomic E-state index is 11.6. The third-order valence-corrected chi connectivity index (χ3v) is 3.92. The topological polar surface area (TPSA) is 26.3 Å². The van der Waals surface area contributed by atoms with Crippen LogP contribution >= 0.6 is 0 Å². The van der Waals surface area contributed by atoms with E-state index in [9.17, 15) is 4.79 Å². The first-order chi connectivity index (χ1) is 8.84. The van der Waals surface area contributed by atoms with Gasteiger partial charge in [0.05, 0.1) is 5.57 Å². The van der Waals surface area contributed by atoms with E-state index in [1.165, 1.54) is 24.0 Å². The highest BCUT2D eigenvalue weighted by atomic mass is 16.6. The summed E-state index contributed by atoms with van der Waals surface area (Å²) in [6, 6.07) is 10.4. The SMILES string of the molecule is O=C1OC(CCc2ccccc2)C1=C1CCCC1. The largest absolute Gasteiger partial charge is 0.454 e. The Kier molecular flexibility index (Phi) is 3.18. The molecule has 1 aromatic rings. The molecule has 0 amide bonds. The highest BCUT2D eigenvalue weighted by Crippen LogP contribution is 2.36. The van der Waals surface area contributed by atoms with Gasteiger partial charge in [0.1, 0.15) is 6.10 Å². The van der Waals surface area contributed by atoms with E-state index < -0.39 is 0 Å². The first-order valence-corrected chi connectivity index (χ1v) is 6.81. The number of benzene rings is 1. The average molecular weight is 242 g/mol. The van der Waals surface area contributed by atoms with Crippen molar-refractivity contribution in [2.45, 2.75) is 44.6 Å². The Morgan fingerprint density at radius 1 is 1.11 bits per heavy atom. The van der Waals surface area contributed by atoms with Gasteiger partial charge in [-0.05, 0) is 44.1 Å². The van der Waals surface area contributed by atoms with Gasteiger partial charge < -0.3 is 4.74 Å². The number of ether oxygens (including phenoxy) is 1. The molecule has 1 saturated carbocycles. The predicted octanol–water partition coefficient (Wildman–Crippen LogP) is 3.42. The molecule has 1 atom stereocenters. The summed E-state index contributed by atoms with van der Waals surface area (Å²) in [6.45, 7) is 0. The molecule has 0 aromatic heterocycles. The molecule has 0 N–H and O–H groups in total. The van der Waals surface area contributed by atoms with Crippen LogP contribution in [-0.4, -0.2) is 12.1 Å². The first-order valence-electron chi connectivity index (χ1n) is 6.81. The van der Waals surface area contributed by atoms with E-state index in [0.717, 1.165) is 31.3 Å². The molecule has 1 aromatic carbocycles. The maximum absolute atomic E-state index is 11.6. The number of hydrogen-bond acceptors (Lipinski definition) is 2. The van der Waals surface area contributed by atoms with Gasteiger partial charge in [-0.15, -0.1) is 0 Å². The van der Waals surface area contributed by atoms with Crippen LogP contribution in [0.2, 0.25) is 0 Å². The van der Waals surface area contributed by atoms with Crippen molar-refractivity contribution in [2.24, 2.45) is 0 Å². The zero-order valence-corrected chi connectivity index (χ0v) is 10.5. The number of rotatable bonds is 3. The molecule has 18 heavy (non-hydrogen) atoms. The van der Waals surface area contributed by atoms with Gasteiger partial charge in [-0.25, -0.2) is 4.79 Å². The summed E-state index contributed by atoms with van der Waals surface area (Å²) in [5.74, 6) is -0.0649. The van der Waals surface area contributed by atoms with E-state index >= 15 is 0 Å². The second-order valence-corrected chi connectivity index (χ2v) is 5.14. The van der Waals surface area contributed by atoms with Crippen molar-refractivity contribution in [3.63, 3.8) is 0 Å². The Balaban J connectivity index is 1.64. The Morgan fingerprint density at radius 2 is 1.83 bits per heavy atom. The van der Waals surface area contributed by atoms with E-state index in [4.69, 9.17) is 4.74 Å². The minimum absolute atomic E-state index is 0.0609. The van der Waals surface area contributed by atoms with Crippen molar-refractivity contribution in [2.75, 3.05) is 0 Å². The fourth-order valence-electron chi connectivity index (χ4n) is 2.91. The third kappa shape index (κ3) is 2.20. The lowest BCUT2D eigenvalue weighted by Crippen LogP contribution is -2.38. The molecule has 1 saturated heterocycles. The molecule has 1 aliphatic heterocycles. The molecule has 1 unspecified atom stereocenters. The van der Waals surface area contributed by atoms with Crippen LogP contribution in [0.1, 0.15) is 37.7 Å². The van der Waals surface area contributed by atoms with Gasteiger partial charge in [0.25, 0.3) is 0 Å². The maximum Gasteiger partial charge on any atom is 0.338 e. The summed E-state index contributed by atoms with van der Waals surface area (Å²) < 4.78 is 5.29. The molecule has 2 heteroatoms. The molecular weight excluding hydrogens is 224 g/mol. The van der Waals surface area contributed by atoms with Crippen molar-refractivity contribution >= 4 is 5.97 Å². The number of esters is 1. The van der Waals surface area contributed by atoms with Crippen LogP contribution in [0.5, 0.6) is 0 Å². The fraction of sp³-hybridized carbons (Fsp3) is 0.438. The standard InChI is InChI=1S/C16H18O2/c17-16-15(13-8-4-5-9-13)14(18-16)11-10-12-6-2-1-3-7-12/h1-3,6-7,14H,4-5,8-11H2.